The molecule has 0 saturated heterocycles. The summed E-state index contributed by atoms with van der Waals surface area (Å²) in [5, 5.41) is 5.93. The highest BCUT2D eigenvalue weighted by molar-refractivity contribution is 7.13. The van der Waals surface area contributed by atoms with Crippen molar-refractivity contribution in [3.63, 3.8) is 0 Å². The summed E-state index contributed by atoms with van der Waals surface area (Å²) in [7, 11) is 0. The summed E-state index contributed by atoms with van der Waals surface area (Å²) in [6.45, 7) is 4.90. The predicted molar refractivity (Wildman–Crippen MR) is 76.6 cm³/mol. The van der Waals surface area contributed by atoms with Gasteiger partial charge in [-0.3, -0.25) is 4.79 Å². The smallest absolute Gasteiger partial charge is 0.311 e. The molecule has 0 bridgehead atoms. The van der Waals surface area contributed by atoms with E-state index in [9.17, 15) is 4.79 Å². The zero-order valence-electron chi connectivity index (χ0n) is 10.8. The Bertz CT molecular complexity index is 551. The third-order valence-electron chi connectivity index (χ3n) is 2.43. The fourth-order valence-electron chi connectivity index (χ4n) is 1.48. The van der Waals surface area contributed by atoms with Gasteiger partial charge in [-0.2, -0.15) is 0 Å². The highest BCUT2D eigenvalue weighted by atomic mass is 32.1. The van der Waals surface area contributed by atoms with Crippen LogP contribution in [-0.2, 0) is 22.5 Å². The van der Waals surface area contributed by atoms with Gasteiger partial charge in [0.1, 0.15) is 0 Å². The number of rotatable bonds is 6. The average molecular weight is 297 g/mol. The molecule has 0 radical (unpaired) electrons. The van der Waals surface area contributed by atoms with Gasteiger partial charge in [0.15, 0.2) is 5.13 Å². The fourth-order valence-corrected chi connectivity index (χ4v) is 2.91. The van der Waals surface area contributed by atoms with Crippen molar-refractivity contribution < 1.29 is 9.53 Å². The molecular formula is C12H15N3O2S2. The minimum absolute atomic E-state index is 0.228. The summed E-state index contributed by atoms with van der Waals surface area (Å²) in [5.41, 5.74) is 3.62. The molecule has 0 atom stereocenters. The van der Waals surface area contributed by atoms with Crippen molar-refractivity contribution >= 4 is 33.8 Å². The zero-order chi connectivity index (χ0) is 13.7. The van der Waals surface area contributed by atoms with E-state index < -0.39 is 0 Å². The quantitative estimate of drug-likeness (QED) is 0.830. The van der Waals surface area contributed by atoms with Crippen LogP contribution >= 0.6 is 22.7 Å². The molecule has 0 aromatic carbocycles. The van der Waals surface area contributed by atoms with Crippen molar-refractivity contribution in [2.24, 2.45) is 0 Å². The lowest BCUT2D eigenvalue weighted by molar-refractivity contribution is -0.142. The zero-order valence-corrected chi connectivity index (χ0v) is 12.4. The Labute approximate surface area is 119 Å². The van der Waals surface area contributed by atoms with Crippen molar-refractivity contribution in [3.05, 3.63) is 27.2 Å². The molecular weight excluding hydrogens is 282 g/mol. The lowest BCUT2D eigenvalue weighted by atomic mass is 10.3. The number of hydrogen-bond donors (Lipinski definition) is 1. The molecule has 19 heavy (non-hydrogen) atoms. The number of carbonyl (C=O) groups excluding carboxylic acids is 1. The predicted octanol–water partition coefficient (Wildman–Crippen LogP) is 2.63. The van der Waals surface area contributed by atoms with Crippen LogP contribution in [-0.4, -0.2) is 22.5 Å². The van der Waals surface area contributed by atoms with E-state index in [1.54, 1.807) is 18.3 Å². The first-order valence-corrected chi connectivity index (χ1v) is 7.67. The molecule has 1 N–H and O–H groups in total. The van der Waals surface area contributed by atoms with E-state index in [1.165, 1.54) is 16.2 Å². The van der Waals surface area contributed by atoms with Gasteiger partial charge in [0.25, 0.3) is 0 Å². The van der Waals surface area contributed by atoms with E-state index in [-0.39, 0.29) is 12.4 Å². The normalized spacial score (nSPS) is 10.4. The second-order valence-electron chi connectivity index (χ2n) is 3.84. The van der Waals surface area contributed by atoms with Gasteiger partial charge >= 0.3 is 5.97 Å². The number of ether oxygens (including phenoxy) is 1. The molecule has 7 heteroatoms. The van der Waals surface area contributed by atoms with Crippen LogP contribution in [0.2, 0.25) is 0 Å². The Morgan fingerprint density at radius 2 is 2.32 bits per heavy atom. The summed E-state index contributed by atoms with van der Waals surface area (Å²) in [4.78, 5) is 21.1. The van der Waals surface area contributed by atoms with Crippen molar-refractivity contribution in [1.29, 1.82) is 0 Å². The Morgan fingerprint density at radius 3 is 3.00 bits per heavy atom. The second kappa shape index (κ2) is 6.63. The number of aryl methyl sites for hydroxylation is 1. The maximum Gasteiger partial charge on any atom is 0.311 e. The minimum Gasteiger partial charge on any atom is -0.466 e. The van der Waals surface area contributed by atoms with Crippen LogP contribution in [0, 0.1) is 6.92 Å². The standard InChI is InChI=1S/C12H15N3O2S2/c1-3-17-11(16)4-9-6-18-12(15-9)13-5-10-8(2)14-7-19-10/h6-7H,3-5H2,1-2H3,(H,13,15). The molecule has 0 aliphatic rings. The lowest BCUT2D eigenvalue weighted by Crippen LogP contribution is -2.07. The van der Waals surface area contributed by atoms with Gasteiger partial charge in [-0.05, 0) is 13.8 Å². The maximum atomic E-state index is 11.3. The van der Waals surface area contributed by atoms with Crippen molar-refractivity contribution in [2.75, 3.05) is 11.9 Å². The van der Waals surface area contributed by atoms with Crippen molar-refractivity contribution in [2.45, 2.75) is 26.8 Å². The Kier molecular flexibility index (Phi) is 4.86. The van der Waals surface area contributed by atoms with E-state index in [0.717, 1.165) is 16.5 Å². The summed E-state index contributed by atoms with van der Waals surface area (Å²) in [5.74, 6) is -0.238. The molecule has 5 nitrogen and oxygen atoms in total. The van der Waals surface area contributed by atoms with Crippen molar-refractivity contribution in [3.8, 4) is 0 Å². The number of nitrogens with zero attached hydrogens (tertiary/aromatic N) is 2. The Morgan fingerprint density at radius 1 is 1.47 bits per heavy atom. The van der Waals surface area contributed by atoms with Crippen LogP contribution in [0.1, 0.15) is 23.2 Å². The Balaban J connectivity index is 1.87. The van der Waals surface area contributed by atoms with Gasteiger partial charge in [0, 0.05) is 10.3 Å². The van der Waals surface area contributed by atoms with E-state index in [2.05, 4.69) is 15.3 Å². The molecule has 102 valence electrons. The highest BCUT2D eigenvalue weighted by Gasteiger charge is 2.09. The third kappa shape index (κ3) is 4.00. The molecule has 0 fully saturated rings. The van der Waals surface area contributed by atoms with Crippen LogP contribution in [0.3, 0.4) is 0 Å². The molecule has 2 aromatic rings. The lowest BCUT2D eigenvalue weighted by Gasteiger charge is -2.00. The van der Waals surface area contributed by atoms with Crippen LogP contribution in [0.15, 0.2) is 10.9 Å². The van der Waals surface area contributed by atoms with Crippen LogP contribution in [0.25, 0.3) is 0 Å². The van der Waals surface area contributed by atoms with Gasteiger partial charge < -0.3 is 10.1 Å². The molecule has 0 unspecified atom stereocenters. The summed E-state index contributed by atoms with van der Waals surface area (Å²) in [6, 6.07) is 0. The topological polar surface area (TPSA) is 64.1 Å². The van der Waals surface area contributed by atoms with E-state index in [4.69, 9.17) is 4.74 Å². The Hall–Kier alpha value is -1.47. The SMILES string of the molecule is CCOC(=O)Cc1csc(NCc2scnc2C)n1. The molecule has 2 heterocycles. The van der Waals surface area contributed by atoms with Crippen LogP contribution in [0.5, 0.6) is 0 Å². The largest absolute Gasteiger partial charge is 0.466 e. The van der Waals surface area contributed by atoms with Crippen LogP contribution in [0.4, 0.5) is 5.13 Å². The van der Waals surface area contributed by atoms with Gasteiger partial charge in [0.05, 0.1) is 36.5 Å². The summed E-state index contributed by atoms with van der Waals surface area (Å²) >= 11 is 3.11. The number of hydrogen-bond acceptors (Lipinski definition) is 7. The molecule has 0 amide bonds. The molecule has 0 aliphatic carbocycles. The van der Waals surface area contributed by atoms with E-state index >= 15 is 0 Å². The molecule has 0 spiro atoms. The first-order chi connectivity index (χ1) is 9.19. The van der Waals surface area contributed by atoms with Gasteiger partial charge in [-0.25, -0.2) is 9.97 Å². The number of nitrogens with one attached hydrogen (secondary N) is 1. The van der Waals surface area contributed by atoms with Gasteiger partial charge in [0.2, 0.25) is 0 Å². The third-order valence-corrected chi connectivity index (χ3v) is 4.21. The number of esters is 1. The van der Waals surface area contributed by atoms with Crippen LogP contribution < -0.4 is 5.32 Å². The molecule has 2 aromatic heterocycles. The summed E-state index contributed by atoms with van der Waals surface area (Å²) < 4.78 is 4.89. The van der Waals surface area contributed by atoms with E-state index in [0.29, 0.717) is 13.2 Å². The molecule has 0 saturated carbocycles. The first-order valence-electron chi connectivity index (χ1n) is 5.92. The van der Waals surface area contributed by atoms with E-state index in [1.807, 2.05) is 17.8 Å². The monoisotopic (exact) mass is 297 g/mol. The molecule has 2 rings (SSSR count). The van der Waals surface area contributed by atoms with Gasteiger partial charge in [-0.1, -0.05) is 0 Å². The highest BCUT2D eigenvalue weighted by Crippen LogP contribution is 2.19. The minimum atomic E-state index is -0.238. The first kappa shape index (κ1) is 14.0. The average Bonchev–Trinajstić information content (AvgIpc) is 2.96. The summed E-state index contributed by atoms with van der Waals surface area (Å²) in [6.07, 6.45) is 0.228. The second-order valence-corrected chi connectivity index (χ2v) is 5.64. The number of thiazole rings is 2. The number of anilines is 1. The van der Waals surface area contributed by atoms with Gasteiger partial charge in [-0.15, -0.1) is 22.7 Å². The van der Waals surface area contributed by atoms with Crippen molar-refractivity contribution in [1.82, 2.24) is 9.97 Å². The maximum absolute atomic E-state index is 11.3. The number of carbonyl (C=O) groups is 1. The fraction of sp³-hybridized carbons (Fsp3) is 0.417. The molecule has 0 aliphatic heterocycles. The number of aromatic nitrogens is 2.